The molecule has 9 heteroatoms. The number of halogens is 2. The molecule has 7 nitrogen and oxygen atoms in total. The Hall–Kier alpha value is -3.23. The fourth-order valence-electron chi connectivity index (χ4n) is 2.82. The number of hydrogen-bond acceptors (Lipinski definition) is 4. The van der Waals surface area contributed by atoms with E-state index in [1.807, 2.05) is 6.92 Å². The summed E-state index contributed by atoms with van der Waals surface area (Å²) in [4.78, 5) is 12.6. The average Bonchev–Trinajstić information content (AvgIpc) is 3.21. The topological polar surface area (TPSA) is 74.0 Å². The summed E-state index contributed by atoms with van der Waals surface area (Å²) in [6.07, 6.45) is 2.44. The summed E-state index contributed by atoms with van der Waals surface area (Å²) < 4.78 is 35.2. The summed E-state index contributed by atoms with van der Waals surface area (Å²) in [7, 11) is 0. The van der Waals surface area contributed by atoms with E-state index in [1.54, 1.807) is 30.8 Å². The minimum absolute atomic E-state index is 0.0806. The maximum absolute atomic E-state index is 13.7. The summed E-state index contributed by atoms with van der Waals surface area (Å²) >= 11 is 0. The van der Waals surface area contributed by atoms with Crippen LogP contribution in [0, 0.1) is 25.5 Å². The van der Waals surface area contributed by atoms with Crippen molar-refractivity contribution >= 4 is 11.6 Å². The first kappa shape index (κ1) is 19.5. The zero-order valence-corrected chi connectivity index (χ0v) is 15.9. The first-order valence-corrected chi connectivity index (χ1v) is 8.85. The summed E-state index contributed by atoms with van der Waals surface area (Å²) in [5.74, 6) is -1.84. The van der Waals surface area contributed by atoms with E-state index >= 15 is 0 Å². The number of carbonyl (C=O) groups excluding carboxylic acids is 1. The molecule has 0 atom stereocenters. The van der Waals surface area contributed by atoms with Gasteiger partial charge < -0.3 is 10.1 Å². The summed E-state index contributed by atoms with van der Waals surface area (Å²) in [6, 6.07) is 4.74. The highest BCUT2D eigenvalue weighted by atomic mass is 19.1. The van der Waals surface area contributed by atoms with E-state index < -0.39 is 11.6 Å². The Labute approximate surface area is 160 Å². The van der Waals surface area contributed by atoms with Crippen molar-refractivity contribution in [1.29, 1.82) is 0 Å². The van der Waals surface area contributed by atoms with E-state index in [1.165, 1.54) is 10.7 Å². The number of nitrogens with one attached hydrogen (secondary N) is 1. The third-order valence-corrected chi connectivity index (χ3v) is 4.24. The van der Waals surface area contributed by atoms with Crippen molar-refractivity contribution in [3.8, 4) is 5.75 Å². The quantitative estimate of drug-likeness (QED) is 0.669. The van der Waals surface area contributed by atoms with Crippen LogP contribution < -0.4 is 10.1 Å². The molecule has 0 bridgehead atoms. The van der Waals surface area contributed by atoms with Gasteiger partial charge in [0.2, 0.25) is 0 Å². The van der Waals surface area contributed by atoms with Crippen LogP contribution in [0.2, 0.25) is 0 Å². The second kappa shape index (κ2) is 8.20. The van der Waals surface area contributed by atoms with Crippen LogP contribution in [-0.2, 0) is 13.3 Å². The van der Waals surface area contributed by atoms with Gasteiger partial charge in [-0.1, -0.05) is 6.92 Å². The van der Waals surface area contributed by atoms with E-state index in [0.717, 1.165) is 18.6 Å². The zero-order valence-electron chi connectivity index (χ0n) is 15.9. The number of nitrogens with zero attached hydrogens (tertiary/aromatic N) is 4. The van der Waals surface area contributed by atoms with Crippen LogP contribution in [0.3, 0.4) is 0 Å². The van der Waals surface area contributed by atoms with Gasteiger partial charge in [-0.3, -0.25) is 9.48 Å². The highest BCUT2D eigenvalue weighted by molar-refractivity contribution is 6.03. The maximum Gasteiger partial charge on any atom is 0.274 e. The van der Waals surface area contributed by atoms with Crippen molar-refractivity contribution in [3.63, 3.8) is 0 Å². The second-order valence-corrected chi connectivity index (χ2v) is 6.29. The van der Waals surface area contributed by atoms with Crippen molar-refractivity contribution in [2.24, 2.45) is 0 Å². The standard InChI is InChI=1S/C19H21F2N5O2/c1-4-9-25-16(7-8-22-25)19(27)23-18-12(2)24-26(13(18)3)11-28-17-6-5-14(20)10-15(17)21/h5-8,10H,4,9,11H2,1-3H3,(H,23,27). The molecule has 148 valence electrons. The molecule has 0 aliphatic rings. The molecule has 1 aromatic carbocycles. The number of amides is 1. The fourth-order valence-corrected chi connectivity index (χ4v) is 2.82. The maximum atomic E-state index is 13.7. The highest BCUT2D eigenvalue weighted by Gasteiger charge is 2.18. The summed E-state index contributed by atoms with van der Waals surface area (Å²) in [6.45, 7) is 6.08. The van der Waals surface area contributed by atoms with Crippen LogP contribution in [0.4, 0.5) is 14.5 Å². The highest BCUT2D eigenvalue weighted by Crippen LogP contribution is 2.22. The van der Waals surface area contributed by atoms with Crippen LogP contribution in [0.15, 0.2) is 30.5 Å². The molecular formula is C19H21F2N5O2. The van der Waals surface area contributed by atoms with Crippen molar-refractivity contribution in [1.82, 2.24) is 19.6 Å². The lowest BCUT2D eigenvalue weighted by atomic mass is 10.3. The molecule has 0 unspecified atom stereocenters. The van der Waals surface area contributed by atoms with Crippen molar-refractivity contribution < 1.29 is 18.3 Å². The van der Waals surface area contributed by atoms with Crippen LogP contribution in [-0.4, -0.2) is 25.5 Å². The number of anilines is 1. The molecule has 0 aliphatic carbocycles. The zero-order chi connectivity index (χ0) is 20.3. The van der Waals surface area contributed by atoms with E-state index in [4.69, 9.17) is 4.74 Å². The van der Waals surface area contributed by atoms with Crippen molar-refractivity contribution in [2.75, 3.05) is 5.32 Å². The van der Waals surface area contributed by atoms with E-state index in [-0.39, 0.29) is 18.4 Å². The minimum atomic E-state index is -0.792. The van der Waals surface area contributed by atoms with Crippen LogP contribution in [0.1, 0.15) is 35.2 Å². The average molecular weight is 389 g/mol. The lowest BCUT2D eigenvalue weighted by Crippen LogP contribution is -2.18. The Kier molecular flexibility index (Phi) is 5.72. The van der Waals surface area contributed by atoms with Gasteiger partial charge >= 0.3 is 0 Å². The number of carbonyl (C=O) groups is 1. The van der Waals surface area contributed by atoms with Gasteiger partial charge in [0.25, 0.3) is 5.91 Å². The van der Waals surface area contributed by atoms with Crippen molar-refractivity contribution in [3.05, 3.63) is 59.2 Å². The molecular weight excluding hydrogens is 368 g/mol. The molecule has 28 heavy (non-hydrogen) atoms. The van der Waals surface area contributed by atoms with Gasteiger partial charge in [0.15, 0.2) is 18.3 Å². The Bertz CT molecular complexity index is 996. The Morgan fingerprint density at radius 3 is 2.71 bits per heavy atom. The summed E-state index contributed by atoms with van der Waals surface area (Å²) in [5, 5.41) is 11.3. The molecule has 2 aromatic heterocycles. The molecule has 1 N–H and O–H groups in total. The van der Waals surface area contributed by atoms with Crippen LogP contribution >= 0.6 is 0 Å². The SMILES string of the molecule is CCCn1nccc1C(=O)Nc1c(C)nn(COc2ccc(F)cc2F)c1C. The lowest BCUT2D eigenvalue weighted by Gasteiger charge is -2.10. The van der Waals surface area contributed by atoms with E-state index in [0.29, 0.717) is 29.3 Å². The number of aryl methyl sites for hydroxylation is 2. The molecule has 3 rings (SSSR count). The molecule has 0 spiro atoms. The first-order valence-electron chi connectivity index (χ1n) is 8.85. The molecule has 0 radical (unpaired) electrons. The Morgan fingerprint density at radius 2 is 2.00 bits per heavy atom. The number of aromatic nitrogens is 4. The van der Waals surface area contributed by atoms with Gasteiger partial charge in [0.1, 0.15) is 11.5 Å². The predicted molar refractivity (Wildman–Crippen MR) is 99.2 cm³/mol. The molecule has 1 amide bonds. The smallest absolute Gasteiger partial charge is 0.274 e. The van der Waals surface area contributed by atoms with Gasteiger partial charge in [0.05, 0.1) is 17.1 Å². The molecule has 0 saturated carbocycles. The third kappa shape index (κ3) is 4.03. The molecule has 0 saturated heterocycles. The number of rotatable bonds is 7. The third-order valence-electron chi connectivity index (χ3n) is 4.24. The number of hydrogen-bond donors (Lipinski definition) is 1. The van der Waals surface area contributed by atoms with Gasteiger partial charge in [-0.2, -0.15) is 10.2 Å². The van der Waals surface area contributed by atoms with Gasteiger partial charge in [-0.05, 0) is 38.5 Å². The lowest BCUT2D eigenvalue weighted by molar-refractivity contribution is 0.101. The molecule has 3 aromatic rings. The monoisotopic (exact) mass is 389 g/mol. The van der Waals surface area contributed by atoms with Gasteiger partial charge in [-0.15, -0.1) is 0 Å². The largest absolute Gasteiger partial charge is 0.468 e. The van der Waals surface area contributed by atoms with Crippen LogP contribution in [0.5, 0.6) is 5.75 Å². The minimum Gasteiger partial charge on any atom is -0.468 e. The number of ether oxygens (including phenoxy) is 1. The van der Waals surface area contributed by atoms with E-state index in [9.17, 15) is 13.6 Å². The molecule has 0 aliphatic heterocycles. The van der Waals surface area contributed by atoms with Gasteiger partial charge in [-0.25, -0.2) is 13.5 Å². The first-order chi connectivity index (χ1) is 13.4. The van der Waals surface area contributed by atoms with Crippen LogP contribution in [0.25, 0.3) is 0 Å². The normalized spacial score (nSPS) is 10.9. The Morgan fingerprint density at radius 1 is 1.21 bits per heavy atom. The molecule has 2 heterocycles. The predicted octanol–water partition coefficient (Wildman–Crippen LogP) is 3.67. The number of benzene rings is 1. The Balaban J connectivity index is 1.74. The summed E-state index contributed by atoms with van der Waals surface area (Å²) in [5.41, 5.74) is 2.25. The molecule has 0 fully saturated rings. The van der Waals surface area contributed by atoms with Gasteiger partial charge in [0, 0.05) is 18.8 Å². The van der Waals surface area contributed by atoms with Crippen molar-refractivity contribution in [2.45, 2.75) is 40.5 Å². The second-order valence-electron chi connectivity index (χ2n) is 6.29. The fraction of sp³-hybridized carbons (Fsp3) is 0.316. The van der Waals surface area contributed by atoms with E-state index in [2.05, 4.69) is 15.5 Å².